The normalized spacial score (nSPS) is 17.8. The number of ether oxygens (including phenoxy) is 2. The van der Waals surface area contributed by atoms with E-state index < -0.39 is 6.04 Å². The molecule has 2 aliphatic heterocycles. The molecule has 1 fully saturated rings. The second kappa shape index (κ2) is 9.40. The Balaban J connectivity index is 1.60. The van der Waals surface area contributed by atoms with E-state index in [0.29, 0.717) is 66.7 Å². The predicted octanol–water partition coefficient (Wildman–Crippen LogP) is 2.20. The van der Waals surface area contributed by atoms with Gasteiger partial charge in [-0.15, -0.1) is 0 Å². The lowest BCUT2D eigenvalue weighted by molar-refractivity contribution is -0.126. The van der Waals surface area contributed by atoms with Crippen LogP contribution in [0.2, 0.25) is 0 Å². The van der Waals surface area contributed by atoms with E-state index in [1.165, 1.54) is 20.5 Å². The summed E-state index contributed by atoms with van der Waals surface area (Å²) in [7, 11) is 3.06. The minimum Gasteiger partial charge on any atom is -0.493 e. The summed E-state index contributed by atoms with van der Waals surface area (Å²) in [6.45, 7) is 4.10. The molecule has 1 aromatic carbocycles. The first-order valence-corrected chi connectivity index (χ1v) is 10.8. The number of furan rings is 1. The van der Waals surface area contributed by atoms with Crippen molar-refractivity contribution in [3.63, 3.8) is 0 Å². The highest BCUT2D eigenvalue weighted by Crippen LogP contribution is 2.41. The van der Waals surface area contributed by atoms with Crippen molar-refractivity contribution in [2.75, 3.05) is 46.9 Å². The van der Waals surface area contributed by atoms with Gasteiger partial charge < -0.3 is 33.4 Å². The van der Waals surface area contributed by atoms with Crippen LogP contribution < -0.4 is 9.47 Å². The van der Waals surface area contributed by atoms with Gasteiger partial charge >= 0.3 is 0 Å². The molecule has 1 aromatic heterocycles. The van der Waals surface area contributed by atoms with Crippen LogP contribution in [-0.4, -0.2) is 79.7 Å². The van der Waals surface area contributed by atoms with Gasteiger partial charge in [-0.05, 0) is 42.3 Å². The van der Waals surface area contributed by atoms with Crippen LogP contribution in [0.15, 0.2) is 41.1 Å². The molecule has 0 aliphatic carbocycles. The summed E-state index contributed by atoms with van der Waals surface area (Å²) < 4.78 is 16.1. The fraction of sp³-hybridized carbons (Fsp3) is 0.375. The fourth-order valence-electron chi connectivity index (χ4n) is 4.32. The van der Waals surface area contributed by atoms with Crippen molar-refractivity contribution < 1.29 is 28.3 Å². The molecule has 1 unspecified atom stereocenters. The zero-order valence-electron chi connectivity index (χ0n) is 18.9. The Morgan fingerprint density at radius 1 is 1.06 bits per heavy atom. The summed E-state index contributed by atoms with van der Waals surface area (Å²) >= 11 is 0. The third kappa shape index (κ3) is 4.06. The van der Waals surface area contributed by atoms with Crippen LogP contribution in [0.25, 0.3) is 5.57 Å². The Bertz CT molecular complexity index is 1070. The molecule has 0 N–H and O–H groups in total. The maximum atomic E-state index is 13.6. The summed E-state index contributed by atoms with van der Waals surface area (Å²) in [6, 6.07) is 6.29. The molecule has 0 radical (unpaired) electrons. The van der Waals surface area contributed by atoms with Crippen LogP contribution >= 0.6 is 0 Å². The Morgan fingerprint density at radius 3 is 2.24 bits per heavy atom. The highest BCUT2D eigenvalue weighted by Gasteiger charge is 2.34. The number of hydrogen-bond donors (Lipinski definition) is 0. The number of nitrogens with zero attached hydrogens (tertiary/aromatic N) is 3. The van der Waals surface area contributed by atoms with Crippen LogP contribution in [0.1, 0.15) is 34.6 Å². The summed E-state index contributed by atoms with van der Waals surface area (Å²) in [4.78, 5) is 43.3. The standard InChI is InChI=1S/C24H27N3O6/c1-4-25-14-18(16-12-21(31-2)22(32-3)13-17(16)19(25)15-28)23(29)26-7-9-27(10-8-26)24(30)20-6-5-11-33-20/h5-6,11-15,19H,4,7-10H2,1-3H3. The van der Waals surface area contributed by atoms with Gasteiger partial charge in [0.25, 0.3) is 11.8 Å². The van der Waals surface area contributed by atoms with Gasteiger partial charge in [0.1, 0.15) is 12.3 Å². The maximum Gasteiger partial charge on any atom is 0.289 e. The first-order chi connectivity index (χ1) is 16.0. The second-order valence-corrected chi connectivity index (χ2v) is 7.81. The number of carbonyl (C=O) groups is 3. The molecule has 9 heteroatoms. The summed E-state index contributed by atoms with van der Waals surface area (Å²) in [5.74, 6) is 0.933. The van der Waals surface area contributed by atoms with Crippen molar-refractivity contribution in [2.24, 2.45) is 0 Å². The zero-order valence-corrected chi connectivity index (χ0v) is 18.9. The minimum atomic E-state index is -0.524. The lowest BCUT2D eigenvalue weighted by Gasteiger charge is -2.37. The average Bonchev–Trinajstić information content (AvgIpc) is 3.41. The van der Waals surface area contributed by atoms with Gasteiger partial charge in [0.2, 0.25) is 0 Å². The largest absolute Gasteiger partial charge is 0.493 e. The number of likely N-dealkylation sites (N-methyl/N-ethyl adjacent to an activating group) is 1. The molecule has 4 rings (SSSR count). The Labute approximate surface area is 192 Å². The molecule has 1 atom stereocenters. The highest BCUT2D eigenvalue weighted by atomic mass is 16.5. The summed E-state index contributed by atoms with van der Waals surface area (Å²) in [5.41, 5.74) is 1.83. The van der Waals surface area contributed by atoms with Crippen molar-refractivity contribution in [1.29, 1.82) is 0 Å². The van der Waals surface area contributed by atoms with Gasteiger partial charge in [-0.3, -0.25) is 9.59 Å². The Morgan fingerprint density at radius 2 is 1.70 bits per heavy atom. The molecular weight excluding hydrogens is 426 g/mol. The van der Waals surface area contributed by atoms with E-state index >= 15 is 0 Å². The van der Waals surface area contributed by atoms with Gasteiger partial charge in [-0.25, -0.2) is 0 Å². The Hall–Kier alpha value is -3.75. The molecule has 2 aliphatic rings. The van der Waals surface area contributed by atoms with Gasteiger partial charge in [0.05, 0.1) is 26.1 Å². The van der Waals surface area contributed by atoms with E-state index in [1.54, 1.807) is 40.3 Å². The number of carbonyl (C=O) groups excluding carboxylic acids is 3. The molecule has 174 valence electrons. The number of rotatable bonds is 6. The highest BCUT2D eigenvalue weighted by molar-refractivity contribution is 6.20. The number of methoxy groups -OCH3 is 2. The van der Waals surface area contributed by atoms with Crippen molar-refractivity contribution in [3.05, 3.63) is 53.6 Å². The minimum absolute atomic E-state index is 0.156. The summed E-state index contributed by atoms with van der Waals surface area (Å²) in [6.07, 6.45) is 4.08. The average molecular weight is 453 g/mol. The SMILES string of the molecule is CCN1C=C(C(=O)N2CCN(C(=O)c3ccco3)CC2)c2cc(OC)c(OC)cc2C1C=O. The van der Waals surface area contributed by atoms with E-state index in [-0.39, 0.29) is 11.8 Å². The van der Waals surface area contributed by atoms with E-state index in [4.69, 9.17) is 13.9 Å². The van der Waals surface area contributed by atoms with E-state index in [1.807, 2.05) is 11.8 Å². The van der Waals surface area contributed by atoms with E-state index in [2.05, 4.69) is 0 Å². The zero-order chi connectivity index (χ0) is 23.5. The predicted molar refractivity (Wildman–Crippen MR) is 120 cm³/mol. The maximum absolute atomic E-state index is 13.6. The molecule has 9 nitrogen and oxygen atoms in total. The Kier molecular flexibility index (Phi) is 6.39. The molecule has 0 saturated carbocycles. The van der Waals surface area contributed by atoms with Gasteiger partial charge in [-0.2, -0.15) is 0 Å². The number of aldehydes is 1. The van der Waals surface area contributed by atoms with Crippen LogP contribution in [0, 0.1) is 0 Å². The molecule has 2 aromatic rings. The van der Waals surface area contributed by atoms with Crippen molar-refractivity contribution >= 4 is 23.7 Å². The number of amides is 2. The molecule has 2 amide bonds. The second-order valence-electron chi connectivity index (χ2n) is 7.81. The fourth-order valence-corrected chi connectivity index (χ4v) is 4.32. The van der Waals surface area contributed by atoms with Gasteiger partial charge in [0, 0.05) is 38.9 Å². The van der Waals surface area contributed by atoms with Crippen molar-refractivity contribution in [1.82, 2.24) is 14.7 Å². The van der Waals surface area contributed by atoms with Crippen LogP contribution in [-0.2, 0) is 9.59 Å². The number of benzene rings is 1. The third-order valence-electron chi connectivity index (χ3n) is 6.13. The van der Waals surface area contributed by atoms with Crippen LogP contribution in [0.3, 0.4) is 0 Å². The smallest absolute Gasteiger partial charge is 0.289 e. The third-order valence-corrected chi connectivity index (χ3v) is 6.13. The number of fused-ring (bicyclic) bond motifs is 1. The van der Waals surface area contributed by atoms with Crippen molar-refractivity contribution in [2.45, 2.75) is 13.0 Å². The molecule has 33 heavy (non-hydrogen) atoms. The number of piperazine rings is 1. The summed E-state index contributed by atoms with van der Waals surface area (Å²) in [5, 5.41) is 0. The van der Waals surface area contributed by atoms with Crippen molar-refractivity contribution in [3.8, 4) is 11.5 Å². The molecule has 1 saturated heterocycles. The number of hydrogen-bond acceptors (Lipinski definition) is 7. The molecule has 3 heterocycles. The van der Waals surface area contributed by atoms with Gasteiger partial charge in [0.15, 0.2) is 17.3 Å². The first-order valence-electron chi connectivity index (χ1n) is 10.8. The molecule has 0 spiro atoms. The molecular formula is C24H27N3O6. The quantitative estimate of drug-likeness (QED) is 0.619. The monoisotopic (exact) mass is 453 g/mol. The molecule has 0 bridgehead atoms. The lowest BCUT2D eigenvalue weighted by Crippen LogP contribution is -2.51. The van der Waals surface area contributed by atoms with Crippen LogP contribution in [0.5, 0.6) is 11.5 Å². The van der Waals surface area contributed by atoms with E-state index in [0.717, 1.165) is 6.29 Å². The topological polar surface area (TPSA) is 92.5 Å². The van der Waals surface area contributed by atoms with Gasteiger partial charge in [-0.1, -0.05) is 0 Å². The van der Waals surface area contributed by atoms with E-state index in [9.17, 15) is 14.4 Å². The lowest BCUT2D eigenvalue weighted by atomic mass is 9.90. The first kappa shape index (κ1) is 22.4. The van der Waals surface area contributed by atoms with Crippen LogP contribution in [0.4, 0.5) is 0 Å².